The van der Waals surface area contributed by atoms with Crippen LogP contribution in [0.3, 0.4) is 0 Å². The molecule has 230 valence electrons. The van der Waals surface area contributed by atoms with Crippen molar-refractivity contribution >= 4 is 23.4 Å². The highest BCUT2D eigenvalue weighted by Gasteiger charge is 2.45. The third kappa shape index (κ3) is 10.7. The zero-order chi connectivity index (χ0) is 29.6. The quantitative estimate of drug-likeness (QED) is 0.105. The number of esters is 1. The van der Waals surface area contributed by atoms with E-state index in [0.29, 0.717) is 44.1 Å². The molecule has 4 rings (SSSR count). The fraction of sp³-hybridized carbons (Fsp3) is 0.576. The smallest absolute Gasteiger partial charge is 0.330 e. The van der Waals surface area contributed by atoms with Crippen molar-refractivity contribution in [3.8, 4) is 5.75 Å². The number of hydrogen-bond donors (Lipinski definition) is 0. The first-order valence-electron chi connectivity index (χ1n) is 15.1. The molecule has 9 heteroatoms. The number of ether oxygens (including phenoxy) is 6. The molecule has 6 atom stereocenters. The molecule has 2 saturated heterocycles. The average Bonchev–Trinajstić information content (AvgIpc) is 3.31. The van der Waals surface area contributed by atoms with Crippen molar-refractivity contribution in [2.24, 2.45) is 11.8 Å². The van der Waals surface area contributed by atoms with E-state index in [1.807, 2.05) is 24.3 Å². The minimum Gasteiger partial charge on any atom is -0.493 e. The summed E-state index contributed by atoms with van der Waals surface area (Å²) in [5.74, 6) is -0.00565. The lowest BCUT2D eigenvalue weighted by atomic mass is 9.89. The van der Waals surface area contributed by atoms with Crippen molar-refractivity contribution in [2.75, 3.05) is 26.9 Å². The second kappa shape index (κ2) is 17.6. The molecular weight excluding hydrogens is 560 g/mol. The predicted molar refractivity (Wildman–Crippen MR) is 159 cm³/mol. The van der Waals surface area contributed by atoms with Crippen LogP contribution in [0.4, 0.5) is 0 Å². The lowest BCUT2D eigenvalue weighted by molar-refractivity contribution is -0.203. The van der Waals surface area contributed by atoms with E-state index in [0.717, 1.165) is 50.4 Å². The Morgan fingerprint density at radius 3 is 2.36 bits per heavy atom. The fourth-order valence-electron chi connectivity index (χ4n) is 5.66. The van der Waals surface area contributed by atoms with Crippen LogP contribution in [-0.2, 0) is 33.3 Å². The van der Waals surface area contributed by atoms with Crippen LogP contribution in [0, 0.1) is 11.8 Å². The molecule has 0 bridgehead atoms. The zero-order valence-corrected chi connectivity index (χ0v) is 25.1. The molecule has 2 unspecified atom stereocenters. The summed E-state index contributed by atoms with van der Waals surface area (Å²) < 4.78 is 35.4. The van der Waals surface area contributed by atoms with E-state index in [2.05, 4.69) is 16.9 Å². The molecule has 0 N–H and O–H groups in total. The fourth-order valence-corrected chi connectivity index (χ4v) is 5.84. The summed E-state index contributed by atoms with van der Waals surface area (Å²) in [6.07, 6.45) is 17.4. The maximum atomic E-state index is 12.3. The van der Waals surface area contributed by atoms with Gasteiger partial charge in [-0.25, -0.2) is 4.79 Å². The van der Waals surface area contributed by atoms with Gasteiger partial charge in [-0.15, -0.1) is 0 Å². The van der Waals surface area contributed by atoms with Crippen molar-refractivity contribution in [3.63, 3.8) is 0 Å². The number of rotatable bonds is 14. The molecule has 42 heavy (non-hydrogen) atoms. The van der Waals surface area contributed by atoms with Crippen LogP contribution in [0.2, 0.25) is 5.02 Å². The Bertz CT molecular complexity index is 1070. The van der Waals surface area contributed by atoms with Crippen LogP contribution in [0.5, 0.6) is 5.75 Å². The largest absolute Gasteiger partial charge is 0.493 e. The van der Waals surface area contributed by atoms with Crippen LogP contribution in [-0.4, -0.2) is 63.5 Å². The SMILES string of the molecule is COC(=O)C=CC(=O)C=CC[C@@H]1[C@@H](C=CCCOc2cccc(Cl)c2)[C@H](OC2CCCCO2)C[C@@H]1OC1CCCCO1. The number of hydrogen-bond acceptors (Lipinski definition) is 8. The van der Waals surface area contributed by atoms with Gasteiger partial charge in [0.25, 0.3) is 0 Å². The summed E-state index contributed by atoms with van der Waals surface area (Å²) in [7, 11) is 1.27. The molecule has 1 aromatic carbocycles. The summed E-state index contributed by atoms with van der Waals surface area (Å²) in [6, 6.07) is 7.38. The molecule has 3 aliphatic rings. The van der Waals surface area contributed by atoms with Gasteiger partial charge < -0.3 is 28.4 Å². The Hall–Kier alpha value is -2.49. The van der Waals surface area contributed by atoms with Crippen molar-refractivity contribution in [2.45, 2.75) is 82.6 Å². The molecule has 8 nitrogen and oxygen atoms in total. The van der Waals surface area contributed by atoms with Gasteiger partial charge in [-0.2, -0.15) is 0 Å². The number of carbonyl (C=O) groups excluding carboxylic acids is 2. The molecular formula is C33H43ClO8. The van der Waals surface area contributed by atoms with Crippen molar-refractivity contribution in [1.29, 1.82) is 0 Å². The third-order valence-corrected chi connectivity index (χ3v) is 8.01. The number of ketones is 1. The summed E-state index contributed by atoms with van der Waals surface area (Å²) in [5, 5.41) is 0.641. The minimum absolute atomic E-state index is 0.0423. The van der Waals surface area contributed by atoms with Crippen molar-refractivity contribution in [3.05, 3.63) is 65.7 Å². The maximum Gasteiger partial charge on any atom is 0.330 e. The number of halogens is 1. The third-order valence-electron chi connectivity index (χ3n) is 7.78. The molecule has 1 aromatic rings. The second-order valence-corrected chi connectivity index (χ2v) is 11.3. The van der Waals surface area contributed by atoms with Gasteiger partial charge in [-0.1, -0.05) is 35.9 Å². The maximum absolute atomic E-state index is 12.3. The second-order valence-electron chi connectivity index (χ2n) is 10.8. The number of benzene rings is 1. The van der Waals surface area contributed by atoms with Gasteiger partial charge in [0.1, 0.15) is 5.75 Å². The number of methoxy groups -OCH3 is 1. The van der Waals surface area contributed by atoms with Gasteiger partial charge in [0.15, 0.2) is 18.4 Å². The zero-order valence-electron chi connectivity index (χ0n) is 24.4. The van der Waals surface area contributed by atoms with Crippen molar-refractivity contribution in [1.82, 2.24) is 0 Å². The van der Waals surface area contributed by atoms with Gasteiger partial charge in [0.2, 0.25) is 0 Å². The molecule has 1 aliphatic carbocycles. The monoisotopic (exact) mass is 602 g/mol. The molecule has 0 amide bonds. The molecule has 2 aliphatic heterocycles. The van der Waals surface area contributed by atoms with E-state index >= 15 is 0 Å². The lowest BCUT2D eigenvalue weighted by Gasteiger charge is -2.30. The predicted octanol–water partition coefficient (Wildman–Crippen LogP) is 6.37. The lowest BCUT2D eigenvalue weighted by Crippen LogP contribution is -2.31. The van der Waals surface area contributed by atoms with Crippen LogP contribution in [0.25, 0.3) is 0 Å². The van der Waals surface area contributed by atoms with Crippen molar-refractivity contribution < 1.29 is 38.0 Å². The normalized spacial score (nSPS) is 28.5. The van der Waals surface area contributed by atoms with Crippen LogP contribution in [0.1, 0.15) is 57.8 Å². The molecule has 1 saturated carbocycles. The van der Waals surface area contributed by atoms with Gasteiger partial charge in [-0.3, -0.25) is 4.79 Å². The highest BCUT2D eigenvalue weighted by Crippen LogP contribution is 2.42. The average molecular weight is 603 g/mol. The van der Waals surface area contributed by atoms with Gasteiger partial charge in [0, 0.05) is 36.7 Å². The molecule has 3 fully saturated rings. The number of allylic oxidation sites excluding steroid dienone is 3. The van der Waals surface area contributed by atoms with Crippen LogP contribution in [0.15, 0.2) is 60.7 Å². The summed E-state index contributed by atoms with van der Waals surface area (Å²) >= 11 is 6.08. The van der Waals surface area contributed by atoms with E-state index in [-0.39, 0.29) is 42.4 Å². The molecule has 0 aromatic heterocycles. The van der Waals surface area contributed by atoms with Crippen LogP contribution >= 0.6 is 11.6 Å². The topological polar surface area (TPSA) is 89.5 Å². The van der Waals surface area contributed by atoms with Crippen LogP contribution < -0.4 is 4.74 Å². The van der Waals surface area contributed by atoms with Gasteiger partial charge in [-0.05, 0) is 87.6 Å². The Morgan fingerprint density at radius 1 is 0.952 bits per heavy atom. The molecule has 2 heterocycles. The Balaban J connectivity index is 1.46. The summed E-state index contributed by atoms with van der Waals surface area (Å²) in [5.41, 5.74) is 0. The first kappa shape index (κ1) is 32.4. The summed E-state index contributed by atoms with van der Waals surface area (Å²) in [4.78, 5) is 23.7. The van der Waals surface area contributed by atoms with Gasteiger partial charge in [0.05, 0.1) is 25.9 Å². The Morgan fingerprint density at radius 2 is 1.69 bits per heavy atom. The molecule has 0 spiro atoms. The van der Waals surface area contributed by atoms with E-state index in [4.69, 9.17) is 35.3 Å². The van der Waals surface area contributed by atoms with E-state index in [1.165, 1.54) is 19.3 Å². The Kier molecular flexibility index (Phi) is 13.6. The standard InChI is InChI=1S/C33H43ClO8/c1-37-31(36)18-17-25(35)11-9-14-28-27(13-2-5-19-38-26-12-8-10-24(34)22-26)29(41-32-15-3-6-20-39-32)23-30(28)42-33-16-4-7-21-40-33/h2,8-13,17-18,22,27-30,32-33H,3-7,14-16,19-21,23H2,1H3/t27-,28-,29-,30+,32?,33?/m1/s1. The first-order chi connectivity index (χ1) is 20.5. The van der Waals surface area contributed by atoms with E-state index < -0.39 is 5.97 Å². The first-order valence-corrected chi connectivity index (χ1v) is 15.5. The summed E-state index contributed by atoms with van der Waals surface area (Å²) in [6.45, 7) is 1.93. The van der Waals surface area contributed by atoms with E-state index in [9.17, 15) is 9.59 Å². The highest BCUT2D eigenvalue weighted by atomic mass is 35.5. The molecule has 0 radical (unpaired) electrons. The Labute approximate surface area is 254 Å². The highest BCUT2D eigenvalue weighted by molar-refractivity contribution is 6.30. The minimum atomic E-state index is -0.567. The van der Waals surface area contributed by atoms with Gasteiger partial charge >= 0.3 is 5.97 Å². The number of carbonyl (C=O) groups is 2. The van der Waals surface area contributed by atoms with E-state index in [1.54, 1.807) is 6.07 Å².